The van der Waals surface area contributed by atoms with Crippen LogP contribution in [0.2, 0.25) is 5.02 Å². The lowest BCUT2D eigenvalue weighted by molar-refractivity contribution is 0.0642. The molecular formula is C14H20ClN3O2. The minimum atomic E-state index is -0.220. The summed E-state index contributed by atoms with van der Waals surface area (Å²) in [5.41, 5.74) is 0.234. The van der Waals surface area contributed by atoms with Gasteiger partial charge < -0.3 is 10.0 Å². The van der Waals surface area contributed by atoms with Crippen LogP contribution in [-0.4, -0.2) is 45.1 Å². The molecule has 2 heterocycles. The number of carbonyl (C=O) groups excluding carboxylic acids is 1. The lowest BCUT2D eigenvalue weighted by Gasteiger charge is -2.25. The predicted molar refractivity (Wildman–Crippen MR) is 76.8 cm³/mol. The maximum absolute atomic E-state index is 12.6. The minimum Gasteiger partial charge on any atom is -0.394 e. The number of rotatable bonds is 3. The van der Waals surface area contributed by atoms with E-state index in [2.05, 4.69) is 9.97 Å². The highest BCUT2D eigenvalue weighted by atomic mass is 35.5. The minimum absolute atomic E-state index is 0.0351. The zero-order valence-electron chi connectivity index (χ0n) is 12.0. The molecule has 5 nitrogen and oxygen atoms in total. The van der Waals surface area contributed by atoms with Gasteiger partial charge in [-0.15, -0.1) is 0 Å². The number of likely N-dealkylation sites (tertiary alicyclic amines) is 1. The molecule has 0 aliphatic carbocycles. The van der Waals surface area contributed by atoms with Crippen molar-refractivity contribution in [2.45, 2.75) is 39.2 Å². The largest absolute Gasteiger partial charge is 0.394 e. The summed E-state index contributed by atoms with van der Waals surface area (Å²) < 4.78 is 0. The molecule has 0 radical (unpaired) electrons. The Morgan fingerprint density at radius 2 is 2.30 bits per heavy atom. The Hall–Kier alpha value is -1.20. The molecule has 1 aliphatic heterocycles. The second kappa shape index (κ2) is 6.06. The number of nitrogens with zero attached hydrogens (tertiary/aromatic N) is 3. The molecule has 0 aromatic carbocycles. The molecule has 110 valence electrons. The molecule has 1 aromatic rings. The number of aliphatic hydroxyl groups excluding tert-OH is 1. The van der Waals surface area contributed by atoms with Crippen molar-refractivity contribution in [1.29, 1.82) is 0 Å². The number of hydrogen-bond acceptors (Lipinski definition) is 4. The van der Waals surface area contributed by atoms with Crippen LogP contribution in [-0.2, 0) is 0 Å². The van der Waals surface area contributed by atoms with Crippen LogP contribution in [0.15, 0.2) is 6.20 Å². The number of aliphatic hydroxyl groups is 1. The van der Waals surface area contributed by atoms with Gasteiger partial charge in [0.1, 0.15) is 5.82 Å². The maximum Gasteiger partial charge on any atom is 0.274 e. The maximum atomic E-state index is 12.6. The van der Waals surface area contributed by atoms with Gasteiger partial charge in [0.2, 0.25) is 0 Å². The number of amides is 1. The van der Waals surface area contributed by atoms with E-state index in [0.717, 1.165) is 6.42 Å². The third-order valence-electron chi connectivity index (χ3n) is 3.81. The Morgan fingerprint density at radius 1 is 1.60 bits per heavy atom. The lowest BCUT2D eigenvalue weighted by atomic mass is 10.0. The quantitative estimate of drug-likeness (QED) is 0.928. The van der Waals surface area contributed by atoms with Crippen LogP contribution >= 0.6 is 11.6 Å². The van der Waals surface area contributed by atoms with Crippen molar-refractivity contribution in [3.63, 3.8) is 0 Å². The Kier molecular flexibility index (Phi) is 4.60. The van der Waals surface area contributed by atoms with Crippen molar-refractivity contribution in [3.05, 3.63) is 22.7 Å². The highest BCUT2D eigenvalue weighted by Gasteiger charge is 2.35. The van der Waals surface area contributed by atoms with Gasteiger partial charge in [0.15, 0.2) is 5.69 Å². The van der Waals surface area contributed by atoms with Gasteiger partial charge in [-0.25, -0.2) is 9.97 Å². The fourth-order valence-corrected chi connectivity index (χ4v) is 2.66. The van der Waals surface area contributed by atoms with Gasteiger partial charge in [-0.2, -0.15) is 0 Å². The van der Waals surface area contributed by atoms with E-state index >= 15 is 0 Å². The van der Waals surface area contributed by atoms with Crippen molar-refractivity contribution in [3.8, 4) is 0 Å². The molecule has 2 atom stereocenters. The number of halogens is 1. The third kappa shape index (κ3) is 2.79. The highest BCUT2D eigenvalue weighted by Crippen LogP contribution is 2.27. The molecular weight excluding hydrogens is 278 g/mol. The highest BCUT2D eigenvalue weighted by molar-refractivity contribution is 6.33. The summed E-state index contributed by atoms with van der Waals surface area (Å²) in [4.78, 5) is 22.7. The molecule has 1 aliphatic rings. The van der Waals surface area contributed by atoms with Crippen LogP contribution in [0.25, 0.3) is 0 Å². The molecule has 1 saturated heterocycles. The summed E-state index contributed by atoms with van der Waals surface area (Å²) in [6, 6.07) is -0.156. The van der Waals surface area contributed by atoms with E-state index in [1.54, 1.807) is 4.90 Å². The smallest absolute Gasteiger partial charge is 0.274 e. The number of aromatic nitrogens is 2. The average Bonchev–Trinajstić information content (AvgIpc) is 2.79. The Bertz CT molecular complexity index is 507. The Morgan fingerprint density at radius 3 is 2.90 bits per heavy atom. The molecule has 1 aromatic heterocycles. The summed E-state index contributed by atoms with van der Waals surface area (Å²) >= 11 is 6.07. The van der Waals surface area contributed by atoms with E-state index < -0.39 is 0 Å². The molecule has 0 spiro atoms. The standard InChI is InChI=1S/C14H20ClN3O2/c1-8(2)13-16-6-10(15)12(17-13)14(20)18-5-4-9(3)11(18)7-19/h6,8-9,11,19H,4-5,7H2,1-3H3. The second-order valence-electron chi connectivity index (χ2n) is 5.59. The summed E-state index contributed by atoms with van der Waals surface area (Å²) in [5.74, 6) is 0.798. The van der Waals surface area contributed by atoms with E-state index in [0.29, 0.717) is 12.4 Å². The molecule has 2 unspecified atom stereocenters. The van der Waals surface area contributed by atoms with Gasteiger partial charge in [-0.05, 0) is 12.3 Å². The van der Waals surface area contributed by atoms with Crippen LogP contribution in [0.1, 0.15) is 49.4 Å². The predicted octanol–water partition coefficient (Wildman–Crippen LogP) is 2.10. The van der Waals surface area contributed by atoms with E-state index in [-0.39, 0.29) is 41.1 Å². The first-order valence-electron chi connectivity index (χ1n) is 6.90. The van der Waals surface area contributed by atoms with Gasteiger partial charge in [0.05, 0.1) is 23.9 Å². The zero-order chi connectivity index (χ0) is 14.9. The van der Waals surface area contributed by atoms with Gasteiger partial charge in [0, 0.05) is 12.5 Å². The molecule has 20 heavy (non-hydrogen) atoms. The van der Waals surface area contributed by atoms with Crippen molar-refractivity contribution < 1.29 is 9.90 Å². The topological polar surface area (TPSA) is 66.3 Å². The molecule has 2 rings (SSSR count). The molecule has 1 N–H and O–H groups in total. The monoisotopic (exact) mass is 297 g/mol. The number of carbonyl (C=O) groups is 1. The van der Waals surface area contributed by atoms with Crippen molar-refractivity contribution in [2.75, 3.05) is 13.2 Å². The van der Waals surface area contributed by atoms with E-state index in [4.69, 9.17) is 11.6 Å². The van der Waals surface area contributed by atoms with Crippen LogP contribution in [0.4, 0.5) is 0 Å². The summed E-state index contributed by atoms with van der Waals surface area (Å²) in [5, 5.41) is 9.71. The van der Waals surface area contributed by atoms with E-state index in [9.17, 15) is 9.90 Å². The first kappa shape index (κ1) is 15.2. The lowest BCUT2D eigenvalue weighted by Crippen LogP contribution is -2.40. The normalized spacial score (nSPS) is 22.6. The van der Waals surface area contributed by atoms with Gasteiger partial charge in [-0.3, -0.25) is 4.79 Å². The molecule has 1 amide bonds. The van der Waals surface area contributed by atoms with E-state index in [1.807, 2.05) is 20.8 Å². The van der Waals surface area contributed by atoms with Crippen LogP contribution < -0.4 is 0 Å². The molecule has 1 fully saturated rings. The zero-order valence-corrected chi connectivity index (χ0v) is 12.8. The first-order chi connectivity index (χ1) is 9.45. The van der Waals surface area contributed by atoms with Gasteiger partial charge >= 0.3 is 0 Å². The van der Waals surface area contributed by atoms with E-state index in [1.165, 1.54) is 6.20 Å². The van der Waals surface area contributed by atoms with Crippen molar-refractivity contribution in [1.82, 2.24) is 14.9 Å². The van der Waals surface area contributed by atoms with Gasteiger partial charge in [0.25, 0.3) is 5.91 Å². The van der Waals surface area contributed by atoms with Crippen LogP contribution in [0.5, 0.6) is 0 Å². The molecule has 0 saturated carbocycles. The van der Waals surface area contributed by atoms with Crippen LogP contribution in [0, 0.1) is 5.92 Å². The summed E-state index contributed by atoms with van der Waals surface area (Å²) in [6.45, 7) is 6.56. The van der Waals surface area contributed by atoms with Crippen molar-refractivity contribution in [2.24, 2.45) is 5.92 Å². The third-order valence-corrected chi connectivity index (χ3v) is 4.09. The molecule has 6 heteroatoms. The summed E-state index contributed by atoms with van der Waals surface area (Å²) in [6.07, 6.45) is 2.36. The number of hydrogen-bond donors (Lipinski definition) is 1. The fraction of sp³-hybridized carbons (Fsp3) is 0.643. The Balaban J connectivity index is 2.31. The fourth-order valence-electron chi connectivity index (χ4n) is 2.48. The Labute approximate surface area is 124 Å². The van der Waals surface area contributed by atoms with Gasteiger partial charge in [-0.1, -0.05) is 32.4 Å². The second-order valence-corrected chi connectivity index (χ2v) is 6.00. The molecule has 0 bridgehead atoms. The van der Waals surface area contributed by atoms with Crippen molar-refractivity contribution >= 4 is 17.5 Å². The van der Waals surface area contributed by atoms with Crippen LogP contribution in [0.3, 0.4) is 0 Å². The summed E-state index contributed by atoms with van der Waals surface area (Å²) in [7, 11) is 0. The first-order valence-corrected chi connectivity index (χ1v) is 7.27. The average molecular weight is 298 g/mol. The SMILES string of the molecule is CC(C)c1ncc(Cl)c(C(=O)N2CCC(C)C2CO)n1.